The largest absolute Gasteiger partial charge is 0.388 e. The first-order valence-corrected chi connectivity index (χ1v) is 4.42. The standard InChI is InChI=1S/C9H8N4S/c10-9(14)8-2-1-7(5-12-8)13-4-3-11-6-13/h1-6H,(H2,10,14). The fraction of sp³-hybridized carbons (Fsp3) is 0. The Kier molecular flexibility index (Phi) is 2.24. The smallest absolute Gasteiger partial charge is 0.122 e. The van der Waals surface area contributed by atoms with Crippen LogP contribution in [0.4, 0.5) is 0 Å². The highest BCUT2D eigenvalue weighted by molar-refractivity contribution is 7.80. The van der Waals surface area contributed by atoms with Crippen molar-refractivity contribution in [3.63, 3.8) is 0 Å². The lowest BCUT2D eigenvalue weighted by Crippen LogP contribution is -2.11. The van der Waals surface area contributed by atoms with E-state index in [9.17, 15) is 0 Å². The van der Waals surface area contributed by atoms with E-state index in [1.165, 1.54) is 0 Å². The van der Waals surface area contributed by atoms with Crippen LogP contribution in [-0.4, -0.2) is 19.5 Å². The molecule has 5 heteroatoms. The van der Waals surface area contributed by atoms with Gasteiger partial charge >= 0.3 is 0 Å². The highest BCUT2D eigenvalue weighted by Gasteiger charge is 1.98. The van der Waals surface area contributed by atoms with Gasteiger partial charge in [0.25, 0.3) is 0 Å². The molecule has 2 aromatic rings. The maximum absolute atomic E-state index is 5.43. The summed E-state index contributed by atoms with van der Waals surface area (Å²) in [6, 6.07) is 3.68. The molecule has 2 N–H and O–H groups in total. The predicted octanol–water partition coefficient (Wildman–Crippen LogP) is 0.901. The van der Waals surface area contributed by atoms with Gasteiger partial charge in [0.05, 0.1) is 23.9 Å². The molecule has 14 heavy (non-hydrogen) atoms. The molecule has 0 spiro atoms. The predicted molar refractivity (Wildman–Crippen MR) is 57.2 cm³/mol. The van der Waals surface area contributed by atoms with Gasteiger partial charge in [-0.3, -0.25) is 4.98 Å². The lowest BCUT2D eigenvalue weighted by Gasteiger charge is -2.01. The zero-order chi connectivity index (χ0) is 9.97. The normalized spacial score (nSPS) is 10.0. The molecule has 0 fully saturated rings. The van der Waals surface area contributed by atoms with Crippen LogP contribution in [-0.2, 0) is 0 Å². The summed E-state index contributed by atoms with van der Waals surface area (Å²) in [5.74, 6) is 0. The van der Waals surface area contributed by atoms with Crippen molar-refractivity contribution in [1.29, 1.82) is 0 Å². The van der Waals surface area contributed by atoms with Crippen molar-refractivity contribution < 1.29 is 0 Å². The molecule has 70 valence electrons. The van der Waals surface area contributed by atoms with Crippen molar-refractivity contribution in [2.45, 2.75) is 0 Å². The zero-order valence-electron chi connectivity index (χ0n) is 7.29. The van der Waals surface area contributed by atoms with Crippen LogP contribution >= 0.6 is 12.2 Å². The van der Waals surface area contributed by atoms with Crippen LogP contribution in [0.3, 0.4) is 0 Å². The van der Waals surface area contributed by atoms with Crippen molar-refractivity contribution in [3.05, 3.63) is 42.7 Å². The first kappa shape index (κ1) is 8.83. The Morgan fingerprint density at radius 2 is 2.29 bits per heavy atom. The third kappa shape index (κ3) is 1.62. The van der Waals surface area contributed by atoms with Gasteiger partial charge in [0.15, 0.2) is 0 Å². The molecule has 0 aliphatic carbocycles. The Balaban J connectivity index is 2.36. The second kappa shape index (κ2) is 3.55. The minimum absolute atomic E-state index is 0.308. The van der Waals surface area contributed by atoms with Gasteiger partial charge in [0.2, 0.25) is 0 Å². The van der Waals surface area contributed by atoms with Gasteiger partial charge in [-0.25, -0.2) is 4.98 Å². The van der Waals surface area contributed by atoms with Crippen LogP contribution in [0, 0.1) is 0 Å². The van der Waals surface area contributed by atoms with Crippen LogP contribution in [0.25, 0.3) is 5.69 Å². The van der Waals surface area contributed by atoms with E-state index >= 15 is 0 Å². The van der Waals surface area contributed by atoms with E-state index in [4.69, 9.17) is 18.0 Å². The molecule has 2 aromatic heterocycles. The number of pyridine rings is 1. The SMILES string of the molecule is NC(=S)c1ccc(-n2ccnc2)cn1. The molecule has 2 rings (SSSR count). The van der Waals surface area contributed by atoms with Gasteiger partial charge in [-0.2, -0.15) is 0 Å². The van der Waals surface area contributed by atoms with E-state index in [0.29, 0.717) is 10.7 Å². The van der Waals surface area contributed by atoms with Crippen LogP contribution in [0.15, 0.2) is 37.1 Å². The Hall–Kier alpha value is -1.75. The van der Waals surface area contributed by atoms with E-state index in [1.54, 1.807) is 24.8 Å². The first-order chi connectivity index (χ1) is 6.77. The summed E-state index contributed by atoms with van der Waals surface area (Å²) in [4.78, 5) is 8.37. The van der Waals surface area contributed by atoms with Gasteiger partial charge < -0.3 is 10.3 Å². The number of imidazole rings is 1. The third-order valence-corrected chi connectivity index (χ3v) is 2.01. The number of aromatic nitrogens is 3. The number of nitrogens with zero attached hydrogens (tertiary/aromatic N) is 3. The summed E-state index contributed by atoms with van der Waals surface area (Å²) < 4.78 is 1.86. The second-order valence-electron chi connectivity index (χ2n) is 2.74. The lowest BCUT2D eigenvalue weighted by atomic mass is 10.3. The van der Waals surface area contributed by atoms with Gasteiger partial charge in [-0.1, -0.05) is 12.2 Å². The summed E-state index contributed by atoms with van der Waals surface area (Å²) >= 11 is 4.80. The average molecular weight is 204 g/mol. The van der Waals surface area contributed by atoms with Crippen LogP contribution in [0.1, 0.15) is 5.69 Å². The minimum Gasteiger partial charge on any atom is -0.388 e. The Bertz CT molecular complexity index is 432. The fourth-order valence-electron chi connectivity index (χ4n) is 1.10. The van der Waals surface area contributed by atoms with Crippen LogP contribution in [0.2, 0.25) is 0 Å². The molecular formula is C9H8N4S. The molecule has 0 saturated carbocycles. The Morgan fingerprint density at radius 1 is 1.43 bits per heavy atom. The van der Waals surface area contributed by atoms with E-state index in [2.05, 4.69) is 9.97 Å². The van der Waals surface area contributed by atoms with Crippen molar-refractivity contribution in [2.24, 2.45) is 5.73 Å². The number of hydrogen-bond donors (Lipinski definition) is 1. The van der Waals surface area contributed by atoms with Crippen molar-refractivity contribution in [1.82, 2.24) is 14.5 Å². The molecule has 0 unspecified atom stereocenters. The van der Waals surface area contributed by atoms with Gasteiger partial charge in [-0.05, 0) is 12.1 Å². The molecular weight excluding hydrogens is 196 g/mol. The molecule has 0 aliphatic rings. The highest BCUT2D eigenvalue weighted by atomic mass is 32.1. The number of nitrogens with two attached hydrogens (primary N) is 1. The molecule has 0 radical (unpaired) electrons. The quantitative estimate of drug-likeness (QED) is 0.738. The molecule has 0 atom stereocenters. The van der Waals surface area contributed by atoms with E-state index in [0.717, 1.165) is 5.69 Å². The second-order valence-corrected chi connectivity index (χ2v) is 3.18. The lowest BCUT2D eigenvalue weighted by molar-refractivity contribution is 1.04. The molecule has 2 heterocycles. The molecule has 0 amide bonds. The van der Waals surface area contributed by atoms with Crippen molar-refractivity contribution in [3.8, 4) is 5.69 Å². The molecule has 4 nitrogen and oxygen atoms in total. The summed E-state index contributed by atoms with van der Waals surface area (Å²) in [6.07, 6.45) is 6.96. The maximum atomic E-state index is 5.43. The summed E-state index contributed by atoms with van der Waals surface area (Å²) in [5, 5.41) is 0. The van der Waals surface area contributed by atoms with Crippen molar-refractivity contribution in [2.75, 3.05) is 0 Å². The monoisotopic (exact) mass is 204 g/mol. The highest BCUT2D eigenvalue weighted by Crippen LogP contribution is 2.05. The van der Waals surface area contributed by atoms with Gasteiger partial charge in [-0.15, -0.1) is 0 Å². The molecule has 0 saturated heterocycles. The van der Waals surface area contributed by atoms with Gasteiger partial charge in [0, 0.05) is 12.4 Å². The van der Waals surface area contributed by atoms with E-state index in [-0.39, 0.29) is 0 Å². The Labute approximate surface area is 86.4 Å². The maximum Gasteiger partial charge on any atom is 0.122 e. The van der Waals surface area contributed by atoms with E-state index < -0.39 is 0 Å². The number of hydrogen-bond acceptors (Lipinski definition) is 3. The number of rotatable bonds is 2. The summed E-state index contributed by atoms with van der Waals surface area (Å²) in [7, 11) is 0. The third-order valence-electron chi connectivity index (χ3n) is 1.80. The molecule has 0 aromatic carbocycles. The van der Waals surface area contributed by atoms with Crippen molar-refractivity contribution >= 4 is 17.2 Å². The molecule has 0 aliphatic heterocycles. The van der Waals surface area contributed by atoms with Crippen LogP contribution in [0.5, 0.6) is 0 Å². The zero-order valence-corrected chi connectivity index (χ0v) is 8.11. The minimum atomic E-state index is 0.308. The van der Waals surface area contributed by atoms with Gasteiger partial charge in [0.1, 0.15) is 4.99 Å². The Morgan fingerprint density at radius 3 is 2.79 bits per heavy atom. The topological polar surface area (TPSA) is 56.7 Å². The molecule has 0 bridgehead atoms. The first-order valence-electron chi connectivity index (χ1n) is 4.01. The summed E-state index contributed by atoms with van der Waals surface area (Å²) in [5.41, 5.74) is 6.99. The fourth-order valence-corrected chi connectivity index (χ4v) is 1.22. The number of thiocarbonyl (C=S) groups is 1. The van der Waals surface area contributed by atoms with Crippen LogP contribution < -0.4 is 5.73 Å². The average Bonchev–Trinajstić information content (AvgIpc) is 2.71. The van der Waals surface area contributed by atoms with E-state index in [1.807, 2.05) is 16.8 Å². The summed E-state index contributed by atoms with van der Waals surface area (Å²) in [6.45, 7) is 0.